The van der Waals surface area contributed by atoms with E-state index in [4.69, 9.17) is 0 Å². The van der Waals surface area contributed by atoms with E-state index in [1.54, 1.807) is 11.4 Å². The summed E-state index contributed by atoms with van der Waals surface area (Å²) < 4.78 is 0. The third kappa shape index (κ3) is 2.13. The molecule has 4 nitrogen and oxygen atoms in total. The lowest BCUT2D eigenvalue weighted by molar-refractivity contribution is -0.379. The predicted octanol–water partition coefficient (Wildman–Crippen LogP) is 3.40. The first kappa shape index (κ1) is 9.67. The Morgan fingerprint density at radius 1 is 1.20 bits per heavy atom. The normalized spacial score (nSPS) is 9.87. The first-order valence-electron chi connectivity index (χ1n) is 4.31. The number of nitrogens with zero attached hydrogens (tertiary/aromatic N) is 1. The molecule has 1 heterocycles. The van der Waals surface area contributed by atoms with Gasteiger partial charge < -0.3 is 5.32 Å². The highest BCUT2D eigenvalue weighted by Crippen LogP contribution is 2.32. The van der Waals surface area contributed by atoms with Crippen molar-refractivity contribution in [3.05, 3.63) is 51.9 Å². The molecule has 1 aromatic carbocycles. The summed E-state index contributed by atoms with van der Waals surface area (Å²) in [6.07, 6.45) is 0. The van der Waals surface area contributed by atoms with Crippen molar-refractivity contribution in [3.63, 3.8) is 0 Å². The molecule has 0 saturated carbocycles. The summed E-state index contributed by atoms with van der Waals surface area (Å²) in [5, 5.41) is 15.5. The number of hydrogen-bond donors (Lipinski definition) is 1. The van der Waals surface area contributed by atoms with E-state index in [1.807, 2.05) is 30.3 Å². The Bertz CT molecular complexity index is 467. The molecule has 2 aromatic rings. The predicted molar refractivity (Wildman–Crippen MR) is 60.7 cm³/mol. The van der Waals surface area contributed by atoms with Gasteiger partial charge in [-0.05, 0) is 23.6 Å². The van der Waals surface area contributed by atoms with Crippen LogP contribution in [0.25, 0.3) is 0 Å². The molecule has 0 aliphatic carbocycles. The van der Waals surface area contributed by atoms with Crippen molar-refractivity contribution in [2.75, 3.05) is 5.32 Å². The van der Waals surface area contributed by atoms with Crippen molar-refractivity contribution >= 4 is 27.7 Å². The molecule has 5 heteroatoms. The molecule has 15 heavy (non-hydrogen) atoms. The zero-order valence-corrected chi connectivity index (χ0v) is 8.53. The van der Waals surface area contributed by atoms with Crippen LogP contribution in [-0.4, -0.2) is 4.92 Å². The van der Waals surface area contributed by atoms with Gasteiger partial charge >= 0.3 is 5.00 Å². The van der Waals surface area contributed by atoms with Crippen LogP contribution in [-0.2, 0) is 0 Å². The fourth-order valence-corrected chi connectivity index (χ4v) is 1.88. The molecule has 1 N–H and O–H groups in total. The molecule has 0 aliphatic heterocycles. The molecule has 0 atom stereocenters. The highest BCUT2D eigenvalue weighted by molar-refractivity contribution is 7.14. The topological polar surface area (TPSA) is 55.2 Å². The average Bonchev–Trinajstić information content (AvgIpc) is 2.67. The van der Waals surface area contributed by atoms with Gasteiger partial charge in [0.1, 0.15) is 5.69 Å². The van der Waals surface area contributed by atoms with E-state index in [-0.39, 0.29) is 9.92 Å². The van der Waals surface area contributed by atoms with E-state index in [1.165, 1.54) is 0 Å². The summed E-state index contributed by atoms with van der Waals surface area (Å²) in [7, 11) is 0. The minimum absolute atomic E-state index is 0.138. The summed E-state index contributed by atoms with van der Waals surface area (Å²) in [5.41, 5.74) is 1.38. The van der Waals surface area contributed by atoms with Gasteiger partial charge in [-0.1, -0.05) is 29.5 Å². The van der Waals surface area contributed by atoms with E-state index < -0.39 is 0 Å². The molecule has 0 fully saturated rings. The number of thiophene rings is 1. The molecule has 0 spiro atoms. The largest absolute Gasteiger partial charge is 0.349 e. The molecule has 0 saturated heterocycles. The number of rotatable bonds is 3. The molecule has 2 rings (SSSR count). The van der Waals surface area contributed by atoms with Crippen LogP contribution in [0, 0.1) is 10.1 Å². The summed E-state index contributed by atoms with van der Waals surface area (Å²) >= 11 is 1.12. The molecule has 0 radical (unpaired) electrons. The van der Waals surface area contributed by atoms with Crippen LogP contribution >= 0.6 is 11.3 Å². The average molecular weight is 220 g/mol. The van der Waals surface area contributed by atoms with Crippen LogP contribution in [0.2, 0.25) is 0 Å². The number of benzene rings is 1. The van der Waals surface area contributed by atoms with Crippen LogP contribution in [0.5, 0.6) is 0 Å². The summed E-state index contributed by atoms with van der Waals surface area (Å²) in [4.78, 5) is 10.3. The Kier molecular flexibility index (Phi) is 2.64. The van der Waals surface area contributed by atoms with Crippen molar-refractivity contribution in [2.24, 2.45) is 0 Å². The lowest BCUT2D eigenvalue weighted by atomic mass is 10.3. The number of anilines is 2. The Labute approximate surface area is 90.3 Å². The standard InChI is InChI=1S/C10H8N2O2S/c13-12(14)10-9(6-7-15-10)11-8-4-2-1-3-5-8/h1-7,11H. The van der Waals surface area contributed by atoms with Crippen molar-refractivity contribution in [2.45, 2.75) is 0 Å². The Morgan fingerprint density at radius 3 is 2.60 bits per heavy atom. The second-order valence-corrected chi connectivity index (χ2v) is 3.78. The van der Waals surface area contributed by atoms with Crippen LogP contribution in [0.4, 0.5) is 16.4 Å². The summed E-state index contributed by atoms with van der Waals surface area (Å²) in [6.45, 7) is 0. The van der Waals surface area contributed by atoms with Gasteiger partial charge in [0.05, 0.1) is 4.92 Å². The van der Waals surface area contributed by atoms with Crippen LogP contribution in [0.15, 0.2) is 41.8 Å². The third-order valence-corrected chi connectivity index (χ3v) is 2.73. The molecule has 0 amide bonds. The first-order valence-corrected chi connectivity index (χ1v) is 5.19. The van der Waals surface area contributed by atoms with Gasteiger partial charge in [-0.25, -0.2) is 0 Å². The Morgan fingerprint density at radius 2 is 1.93 bits per heavy atom. The van der Waals surface area contributed by atoms with E-state index in [2.05, 4.69) is 5.32 Å². The van der Waals surface area contributed by atoms with Gasteiger partial charge in [0, 0.05) is 5.69 Å². The summed E-state index contributed by atoms with van der Waals surface area (Å²) in [5.74, 6) is 0. The lowest BCUT2D eigenvalue weighted by Gasteiger charge is -2.02. The molecule has 76 valence electrons. The Hall–Kier alpha value is -1.88. The van der Waals surface area contributed by atoms with Crippen molar-refractivity contribution in [3.8, 4) is 0 Å². The number of nitrogens with one attached hydrogen (secondary N) is 1. The third-order valence-electron chi connectivity index (χ3n) is 1.86. The monoisotopic (exact) mass is 220 g/mol. The van der Waals surface area contributed by atoms with E-state index in [9.17, 15) is 10.1 Å². The first-order chi connectivity index (χ1) is 7.27. The Balaban J connectivity index is 2.25. The smallest absolute Gasteiger partial charge is 0.347 e. The fraction of sp³-hybridized carbons (Fsp3) is 0. The highest BCUT2D eigenvalue weighted by atomic mass is 32.1. The maximum absolute atomic E-state index is 10.6. The van der Waals surface area contributed by atoms with Gasteiger partial charge in [0.2, 0.25) is 0 Å². The molecular formula is C10H8N2O2S. The number of nitro groups is 1. The van der Waals surface area contributed by atoms with E-state index >= 15 is 0 Å². The molecular weight excluding hydrogens is 212 g/mol. The van der Waals surface area contributed by atoms with Gasteiger partial charge in [-0.15, -0.1) is 0 Å². The SMILES string of the molecule is O=[N+]([O-])c1sccc1Nc1ccccc1. The molecule has 0 bridgehead atoms. The van der Waals surface area contributed by atoms with Crippen LogP contribution in [0.1, 0.15) is 0 Å². The maximum Gasteiger partial charge on any atom is 0.347 e. The second kappa shape index (κ2) is 4.10. The van der Waals surface area contributed by atoms with Crippen molar-refractivity contribution < 1.29 is 4.92 Å². The number of hydrogen-bond acceptors (Lipinski definition) is 4. The van der Waals surface area contributed by atoms with Gasteiger partial charge in [0.15, 0.2) is 0 Å². The molecule has 1 aromatic heterocycles. The zero-order valence-electron chi connectivity index (χ0n) is 7.71. The maximum atomic E-state index is 10.6. The van der Waals surface area contributed by atoms with Crippen LogP contribution in [0.3, 0.4) is 0 Å². The van der Waals surface area contributed by atoms with E-state index in [0.717, 1.165) is 17.0 Å². The van der Waals surface area contributed by atoms with Gasteiger partial charge in [0.25, 0.3) is 0 Å². The minimum atomic E-state index is -0.379. The van der Waals surface area contributed by atoms with Gasteiger partial charge in [-0.2, -0.15) is 0 Å². The fourth-order valence-electron chi connectivity index (χ4n) is 1.21. The zero-order chi connectivity index (χ0) is 10.7. The quantitative estimate of drug-likeness (QED) is 0.637. The minimum Gasteiger partial charge on any atom is -0.349 e. The van der Waals surface area contributed by atoms with Gasteiger partial charge in [-0.3, -0.25) is 10.1 Å². The van der Waals surface area contributed by atoms with Crippen molar-refractivity contribution in [1.29, 1.82) is 0 Å². The molecule has 0 aliphatic rings. The van der Waals surface area contributed by atoms with Crippen molar-refractivity contribution in [1.82, 2.24) is 0 Å². The van der Waals surface area contributed by atoms with Crippen LogP contribution < -0.4 is 5.32 Å². The second-order valence-electron chi connectivity index (χ2n) is 2.89. The molecule has 0 unspecified atom stereocenters. The highest BCUT2D eigenvalue weighted by Gasteiger charge is 2.14. The van der Waals surface area contributed by atoms with E-state index in [0.29, 0.717) is 5.69 Å². The lowest BCUT2D eigenvalue weighted by Crippen LogP contribution is -1.92. The number of para-hydroxylation sites is 1. The summed E-state index contributed by atoms with van der Waals surface area (Å²) in [6, 6.07) is 11.1.